The van der Waals surface area contributed by atoms with Crippen LogP contribution in [0.1, 0.15) is 29.0 Å². The highest BCUT2D eigenvalue weighted by Gasteiger charge is 2.23. The van der Waals surface area contributed by atoms with Crippen LogP contribution in [0.25, 0.3) is 0 Å². The minimum atomic E-state index is 0.149. The molecule has 2 aromatic rings. The van der Waals surface area contributed by atoms with E-state index in [2.05, 4.69) is 54.6 Å². The van der Waals surface area contributed by atoms with Gasteiger partial charge in [-0.3, -0.25) is 0 Å². The molecule has 20 heavy (non-hydrogen) atoms. The Hall–Kier alpha value is -1.32. The van der Waals surface area contributed by atoms with Gasteiger partial charge in [-0.05, 0) is 49.0 Å². The molecule has 0 saturated heterocycles. The van der Waals surface area contributed by atoms with Crippen LogP contribution in [0.5, 0.6) is 5.75 Å². The monoisotopic (exact) mass is 287 g/mol. The maximum absolute atomic E-state index is 6.26. The minimum absolute atomic E-state index is 0.149. The normalized spacial score (nSPS) is 19.4. The fourth-order valence-corrected chi connectivity index (χ4v) is 3.60. The summed E-state index contributed by atoms with van der Waals surface area (Å²) in [4.78, 5) is 3.84. The van der Waals surface area contributed by atoms with Crippen molar-refractivity contribution >= 4 is 11.3 Å². The van der Waals surface area contributed by atoms with E-state index in [9.17, 15) is 0 Å². The van der Waals surface area contributed by atoms with Crippen LogP contribution in [0.2, 0.25) is 0 Å². The number of benzene rings is 1. The lowest BCUT2D eigenvalue weighted by Gasteiger charge is -2.22. The van der Waals surface area contributed by atoms with Gasteiger partial charge in [-0.1, -0.05) is 19.1 Å². The molecule has 1 aliphatic rings. The van der Waals surface area contributed by atoms with Crippen molar-refractivity contribution in [1.29, 1.82) is 0 Å². The van der Waals surface area contributed by atoms with Crippen LogP contribution in [-0.4, -0.2) is 25.0 Å². The summed E-state index contributed by atoms with van der Waals surface area (Å²) in [5, 5.41) is 2.19. The number of thiophene rings is 1. The van der Waals surface area contributed by atoms with Crippen molar-refractivity contribution in [2.45, 2.75) is 25.9 Å². The molecular formula is C17H21NOS. The molecule has 0 N–H and O–H groups in total. The summed E-state index contributed by atoms with van der Waals surface area (Å²) in [6.07, 6.45) is 2.36. The molecule has 3 rings (SSSR count). The maximum Gasteiger partial charge on any atom is 0.137 e. The fraction of sp³-hybridized carbons (Fsp3) is 0.412. The first-order chi connectivity index (χ1) is 9.76. The number of hydrogen-bond acceptors (Lipinski definition) is 3. The quantitative estimate of drug-likeness (QED) is 0.848. The van der Waals surface area contributed by atoms with Crippen LogP contribution in [0.15, 0.2) is 35.7 Å². The standard InChI is InChI=1S/C17H21NOS/c1-3-13-4-6-14(7-5-13)19-16-12-18(2)10-8-17-15(16)9-11-20-17/h4-7,9,11,16H,3,8,10,12H2,1-2H3. The van der Waals surface area contributed by atoms with Crippen molar-refractivity contribution in [3.8, 4) is 5.75 Å². The SMILES string of the molecule is CCc1ccc(OC2CN(C)CCc3sccc32)cc1. The van der Waals surface area contributed by atoms with Crippen LogP contribution >= 0.6 is 11.3 Å². The second kappa shape index (κ2) is 5.98. The van der Waals surface area contributed by atoms with Gasteiger partial charge in [-0.2, -0.15) is 0 Å². The molecule has 0 bridgehead atoms. The van der Waals surface area contributed by atoms with Gasteiger partial charge in [-0.15, -0.1) is 11.3 Å². The molecule has 0 fully saturated rings. The molecule has 1 aliphatic heterocycles. The van der Waals surface area contributed by atoms with Crippen molar-refractivity contribution in [1.82, 2.24) is 4.90 Å². The lowest BCUT2D eigenvalue weighted by atomic mass is 10.1. The number of rotatable bonds is 3. The average molecular weight is 287 g/mol. The predicted molar refractivity (Wildman–Crippen MR) is 84.7 cm³/mol. The summed E-state index contributed by atoms with van der Waals surface area (Å²) in [5.74, 6) is 0.972. The smallest absolute Gasteiger partial charge is 0.137 e. The number of likely N-dealkylation sites (N-methyl/N-ethyl adjacent to an activating group) is 1. The summed E-state index contributed by atoms with van der Waals surface area (Å²) in [6, 6.07) is 10.7. The summed E-state index contributed by atoms with van der Waals surface area (Å²) >= 11 is 1.85. The van der Waals surface area contributed by atoms with Crippen molar-refractivity contribution in [2.24, 2.45) is 0 Å². The zero-order valence-corrected chi connectivity index (χ0v) is 13.0. The molecule has 0 amide bonds. The third kappa shape index (κ3) is 2.89. The molecule has 1 aromatic heterocycles. The van der Waals surface area contributed by atoms with E-state index in [1.54, 1.807) is 0 Å². The van der Waals surface area contributed by atoms with Gasteiger partial charge in [0.15, 0.2) is 0 Å². The largest absolute Gasteiger partial charge is 0.484 e. The molecule has 0 saturated carbocycles. The van der Waals surface area contributed by atoms with Crippen molar-refractivity contribution in [3.05, 3.63) is 51.7 Å². The average Bonchev–Trinajstić information content (AvgIpc) is 2.88. The van der Waals surface area contributed by atoms with Gasteiger partial charge < -0.3 is 9.64 Å². The van der Waals surface area contributed by atoms with E-state index >= 15 is 0 Å². The topological polar surface area (TPSA) is 12.5 Å². The number of fused-ring (bicyclic) bond motifs is 1. The highest BCUT2D eigenvalue weighted by Crippen LogP contribution is 2.31. The van der Waals surface area contributed by atoms with Crippen LogP contribution < -0.4 is 4.74 Å². The van der Waals surface area contributed by atoms with Crippen LogP contribution in [0.4, 0.5) is 0 Å². The Labute approximate surface area is 125 Å². The van der Waals surface area contributed by atoms with Gasteiger partial charge in [0.05, 0.1) is 0 Å². The molecule has 1 unspecified atom stereocenters. The Morgan fingerprint density at radius 2 is 2.05 bits per heavy atom. The van der Waals surface area contributed by atoms with E-state index < -0.39 is 0 Å². The van der Waals surface area contributed by atoms with Gasteiger partial charge in [0.1, 0.15) is 11.9 Å². The molecule has 0 aliphatic carbocycles. The summed E-state index contributed by atoms with van der Waals surface area (Å²) in [5.41, 5.74) is 2.73. The van der Waals surface area contributed by atoms with E-state index in [4.69, 9.17) is 4.74 Å². The first-order valence-corrected chi connectivity index (χ1v) is 8.14. The number of ether oxygens (including phenoxy) is 1. The van der Waals surface area contributed by atoms with E-state index in [0.29, 0.717) is 0 Å². The first kappa shape index (κ1) is 13.7. The molecule has 106 valence electrons. The van der Waals surface area contributed by atoms with Gasteiger partial charge in [0, 0.05) is 23.5 Å². The Balaban J connectivity index is 1.81. The Bertz CT molecular complexity index is 561. The molecule has 2 nitrogen and oxygen atoms in total. The van der Waals surface area contributed by atoms with E-state index in [0.717, 1.165) is 31.7 Å². The summed E-state index contributed by atoms with van der Waals surface area (Å²) < 4.78 is 6.26. The van der Waals surface area contributed by atoms with Crippen molar-refractivity contribution < 1.29 is 4.74 Å². The Morgan fingerprint density at radius 1 is 1.25 bits per heavy atom. The zero-order valence-electron chi connectivity index (χ0n) is 12.1. The molecule has 2 heterocycles. The van der Waals surface area contributed by atoms with Crippen LogP contribution in [-0.2, 0) is 12.8 Å². The highest BCUT2D eigenvalue weighted by atomic mass is 32.1. The van der Waals surface area contributed by atoms with E-state index in [1.807, 2.05) is 11.3 Å². The Morgan fingerprint density at radius 3 is 2.80 bits per heavy atom. The van der Waals surface area contributed by atoms with Gasteiger partial charge in [0.2, 0.25) is 0 Å². The second-order valence-electron chi connectivity index (χ2n) is 5.42. The first-order valence-electron chi connectivity index (χ1n) is 7.26. The van der Waals surface area contributed by atoms with E-state index in [1.165, 1.54) is 16.0 Å². The van der Waals surface area contributed by atoms with Crippen molar-refractivity contribution in [3.63, 3.8) is 0 Å². The lowest BCUT2D eigenvalue weighted by molar-refractivity contribution is 0.156. The molecule has 0 spiro atoms. The summed E-state index contributed by atoms with van der Waals surface area (Å²) in [7, 11) is 2.17. The maximum atomic E-state index is 6.26. The molecule has 3 heteroatoms. The molecule has 1 atom stereocenters. The Kier molecular flexibility index (Phi) is 4.08. The van der Waals surface area contributed by atoms with Crippen LogP contribution in [0, 0.1) is 0 Å². The second-order valence-corrected chi connectivity index (χ2v) is 6.42. The van der Waals surface area contributed by atoms with Crippen LogP contribution in [0.3, 0.4) is 0 Å². The lowest BCUT2D eigenvalue weighted by Crippen LogP contribution is -2.26. The molecular weight excluding hydrogens is 266 g/mol. The molecule has 1 aromatic carbocycles. The zero-order chi connectivity index (χ0) is 13.9. The highest BCUT2D eigenvalue weighted by molar-refractivity contribution is 7.10. The minimum Gasteiger partial charge on any atom is -0.484 e. The van der Waals surface area contributed by atoms with Crippen molar-refractivity contribution in [2.75, 3.05) is 20.1 Å². The molecule has 0 radical (unpaired) electrons. The number of hydrogen-bond donors (Lipinski definition) is 0. The third-order valence-corrected chi connectivity index (χ3v) is 4.93. The number of nitrogens with zero attached hydrogens (tertiary/aromatic N) is 1. The predicted octanol–water partition coefficient (Wildman–Crippen LogP) is 3.92. The van der Waals surface area contributed by atoms with Gasteiger partial charge >= 0.3 is 0 Å². The van der Waals surface area contributed by atoms with Gasteiger partial charge in [0.25, 0.3) is 0 Å². The number of aryl methyl sites for hydroxylation is 1. The van der Waals surface area contributed by atoms with E-state index in [-0.39, 0.29) is 6.10 Å². The third-order valence-electron chi connectivity index (χ3n) is 3.93. The fourth-order valence-electron chi connectivity index (χ4n) is 2.67. The summed E-state index contributed by atoms with van der Waals surface area (Å²) in [6.45, 7) is 4.25. The van der Waals surface area contributed by atoms with Gasteiger partial charge in [-0.25, -0.2) is 0 Å².